The van der Waals surface area contributed by atoms with Crippen LogP contribution in [0.25, 0.3) is 28.5 Å². The first-order valence-electron chi connectivity index (χ1n) is 11.8. The second-order valence-electron chi connectivity index (χ2n) is 8.58. The van der Waals surface area contributed by atoms with Gasteiger partial charge in [0.1, 0.15) is 17.2 Å². The summed E-state index contributed by atoms with van der Waals surface area (Å²) in [6.07, 6.45) is 6.01. The summed E-state index contributed by atoms with van der Waals surface area (Å²) in [6, 6.07) is 22.7. The normalized spacial score (nSPS) is 13.3. The molecule has 1 N–H and O–H groups in total. The summed E-state index contributed by atoms with van der Waals surface area (Å²) in [4.78, 5) is 13.4. The van der Waals surface area contributed by atoms with E-state index in [1.54, 1.807) is 23.1 Å². The number of aromatic nitrogens is 5. The highest BCUT2D eigenvalue weighted by Gasteiger charge is 2.20. The molecule has 1 aliphatic heterocycles. The minimum atomic E-state index is -0.267. The SMILES string of the molecule is O=C(Nc1cccc(-c2nnc3n2CCCCC3)c1)c1cc(-c2ccco2)nn1-c1ccccc1. The molecule has 1 amide bonds. The molecule has 0 atom stereocenters. The van der Waals surface area contributed by atoms with Crippen LogP contribution in [0.3, 0.4) is 0 Å². The molecule has 8 nitrogen and oxygen atoms in total. The number of para-hydroxylation sites is 1. The number of anilines is 1. The third kappa shape index (κ3) is 4.14. The first kappa shape index (κ1) is 21.1. The van der Waals surface area contributed by atoms with E-state index in [2.05, 4.69) is 25.2 Å². The minimum Gasteiger partial charge on any atom is -0.463 e. The van der Waals surface area contributed by atoms with Gasteiger partial charge in [0.05, 0.1) is 12.0 Å². The Hall–Kier alpha value is -4.46. The van der Waals surface area contributed by atoms with Crippen molar-refractivity contribution in [3.63, 3.8) is 0 Å². The van der Waals surface area contributed by atoms with Gasteiger partial charge in [-0.2, -0.15) is 5.10 Å². The Morgan fingerprint density at radius 3 is 2.69 bits per heavy atom. The molecule has 0 bridgehead atoms. The predicted molar refractivity (Wildman–Crippen MR) is 132 cm³/mol. The average Bonchev–Trinajstić information content (AvgIpc) is 3.62. The average molecular weight is 465 g/mol. The van der Waals surface area contributed by atoms with Gasteiger partial charge in [-0.1, -0.05) is 36.8 Å². The van der Waals surface area contributed by atoms with Crippen LogP contribution >= 0.6 is 0 Å². The smallest absolute Gasteiger partial charge is 0.274 e. The minimum absolute atomic E-state index is 0.267. The van der Waals surface area contributed by atoms with Gasteiger partial charge in [-0.25, -0.2) is 4.68 Å². The number of hydrogen-bond donors (Lipinski definition) is 1. The molecule has 0 saturated carbocycles. The van der Waals surface area contributed by atoms with Crippen molar-refractivity contribution >= 4 is 11.6 Å². The quantitative estimate of drug-likeness (QED) is 0.378. The number of hydrogen-bond acceptors (Lipinski definition) is 5. The van der Waals surface area contributed by atoms with Crippen molar-refractivity contribution < 1.29 is 9.21 Å². The Morgan fingerprint density at radius 2 is 1.83 bits per heavy atom. The number of amides is 1. The summed E-state index contributed by atoms with van der Waals surface area (Å²) in [5, 5.41) is 16.5. The first-order chi connectivity index (χ1) is 17.3. The largest absolute Gasteiger partial charge is 0.463 e. The third-order valence-corrected chi connectivity index (χ3v) is 6.20. The molecule has 0 aliphatic carbocycles. The van der Waals surface area contributed by atoms with E-state index in [9.17, 15) is 4.79 Å². The third-order valence-electron chi connectivity index (χ3n) is 6.20. The molecule has 2 aromatic carbocycles. The van der Waals surface area contributed by atoms with Gasteiger partial charge >= 0.3 is 0 Å². The highest BCUT2D eigenvalue weighted by molar-refractivity contribution is 6.04. The predicted octanol–water partition coefficient (Wildman–Crippen LogP) is 5.37. The first-order valence-corrected chi connectivity index (χ1v) is 11.8. The lowest BCUT2D eigenvalue weighted by Gasteiger charge is -2.10. The van der Waals surface area contributed by atoms with Crippen LogP contribution in [0.4, 0.5) is 5.69 Å². The molecule has 3 aromatic heterocycles. The van der Waals surface area contributed by atoms with Crippen LogP contribution in [-0.4, -0.2) is 30.5 Å². The molecular weight excluding hydrogens is 440 g/mol. The number of rotatable bonds is 5. The van der Waals surface area contributed by atoms with Gasteiger partial charge in [-0.3, -0.25) is 4.79 Å². The number of furan rings is 1. The molecule has 0 radical (unpaired) electrons. The molecular formula is C27H24N6O2. The lowest BCUT2D eigenvalue weighted by Crippen LogP contribution is -2.17. The number of benzene rings is 2. The number of aryl methyl sites for hydroxylation is 1. The maximum atomic E-state index is 13.4. The van der Waals surface area contributed by atoms with Crippen LogP contribution in [0.1, 0.15) is 35.6 Å². The monoisotopic (exact) mass is 464 g/mol. The van der Waals surface area contributed by atoms with E-state index in [-0.39, 0.29) is 5.91 Å². The van der Waals surface area contributed by atoms with Gasteiger partial charge in [0, 0.05) is 30.3 Å². The highest BCUT2D eigenvalue weighted by atomic mass is 16.3. The standard InChI is InChI=1S/C27H24N6O2/c34-27(23-18-22(24-13-8-16-35-24)31-33(23)21-11-3-1-4-12-21)28-20-10-7-9-19(17-20)26-30-29-25-14-5-2-6-15-32(25)26/h1,3-4,7-13,16-18H,2,5-6,14-15H2,(H,28,34). The molecule has 6 rings (SSSR count). The number of nitrogens with zero attached hydrogens (tertiary/aromatic N) is 5. The summed E-state index contributed by atoms with van der Waals surface area (Å²) in [5.74, 6) is 2.20. The van der Waals surface area contributed by atoms with Gasteiger partial charge in [0.25, 0.3) is 5.91 Å². The van der Waals surface area contributed by atoms with Crippen LogP contribution in [0.15, 0.2) is 83.5 Å². The fourth-order valence-corrected chi connectivity index (χ4v) is 4.48. The van der Waals surface area contributed by atoms with E-state index in [4.69, 9.17) is 4.42 Å². The Labute approximate surface area is 202 Å². The van der Waals surface area contributed by atoms with E-state index in [1.165, 1.54) is 6.42 Å². The van der Waals surface area contributed by atoms with Gasteiger partial charge < -0.3 is 14.3 Å². The maximum Gasteiger partial charge on any atom is 0.274 e. The zero-order valence-electron chi connectivity index (χ0n) is 19.1. The van der Waals surface area contributed by atoms with Crippen molar-refractivity contribution in [2.75, 3.05) is 5.32 Å². The Balaban J connectivity index is 1.32. The molecule has 1 aliphatic rings. The van der Waals surface area contributed by atoms with Crippen molar-refractivity contribution in [1.29, 1.82) is 0 Å². The summed E-state index contributed by atoms with van der Waals surface area (Å²) in [5.41, 5.74) is 3.39. The van der Waals surface area contributed by atoms with Crippen molar-refractivity contribution in [2.24, 2.45) is 0 Å². The van der Waals surface area contributed by atoms with Crippen LogP contribution < -0.4 is 5.32 Å². The number of carbonyl (C=O) groups excluding carboxylic acids is 1. The lowest BCUT2D eigenvalue weighted by molar-refractivity contribution is 0.101. The molecule has 35 heavy (non-hydrogen) atoms. The molecule has 0 unspecified atom stereocenters. The molecule has 0 spiro atoms. The Kier molecular flexibility index (Phi) is 5.46. The molecule has 5 aromatic rings. The molecule has 0 fully saturated rings. The zero-order valence-corrected chi connectivity index (χ0v) is 19.1. The zero-order chi connectivity index (χ0) is 23.6. The second-order valence-corrected chi connectivity index (χ2v) is 8.58. The van der Waals surface area contributed by atoms with Gasteiger partial charge in [0.2, 0.25) is 0 Å². The lowest BCUT2D eigenvalue weighted by atomic mass is 10.1. The molecule has 4 heterocycles. The van der Waals surface area contributed by atoms with Crippen LogP contribution in [0.5, 0.6) is 0 Å². The van der Waals surface area contributed by atoms with Crippen LogP contribution in [0.2, 0.25) is 0 Å². The van der Waals surface area contributed by atoms with Crippen LogP contribution in [0, 0.1) is 0 Å². The van der Waals surface area contributed by atoms with Crippen molar-refractivity contribution in [2.45, 2.75) is 32.2 Å². The molecule has 174 valence electrons. The Bertz CT molecular complexity index is 1470. The second kappa shape index (κ2) is 9.06. The number of carbonyl (C=O) groups is 1. The van der Waals surface area contributed by atoms with E-state index in [0.29, 0.717) is 22.8 Å². The Morgan fingerprint density at radius 1 is 0.914 bits per heavy atom. The summed E-state index contributed by atoms with van der Waals surface area (Å²) in [6.45, 7) is 0.917. The van der Waals surface area contributed by atoms with E-state index in [0.717, 1.165) is 48.7 Å². The van der Waals surface area contributed by atoms with Crippen molar-refractivity contribution in [3.05, 3.63) is 90.6 Å². The van der Waals surface area contributed by atoms with E-state index >= 15 is 0 Å². The van der Waals surface area contributed by atoms with Crippen molar-refractivity contribution in [3.8, 4) is 28.5 Å². The van der Waals surface area contributed by atoms with E-state index in [1.807, 2.05) is 60.7 Å². The van der Waals surface area contributed by atoms with Gasteiger partial charge in [-0.15, -0.1) is 10.2 Å². The summed E-state index contributed by atoms with van der Waals surface area (Å²) < 4.78 is 9.35. The van der Waals surface area contributed by atoms with E-state index < -0.39 is 0 Å². The summed E-state index contributed by atoms with van der Waals surface area (Å²) >= 11 is 0. The van der Waals surface area contributed by atoms with Gasteiger partial charge in [0.15, 0.2) is 11.6 Å². The van der Waals surface area contributed by atoms with Gasteiger partial charge in [-0.05, 0) is 49.2 Å². The fraction of sp³-hybridized carbons (Fsp3) is 0.185. The maximum absolute atomic E-state index is 13.4. The van der Waals surface area contributed by atoms with Crippen LogP contribution in [-0.2, 0) is 13.0 Å². The highest BCUT2D eigenvalue weighted by Crippen LogP contribution is 2.26. The topological polar surface area (TPSA) is 90.8 Å². The molecule has 8 heteroatoms. The summed E-state index contributed by atoms with van der Waals surface area (Å²) in [7, 11) is 0. The fourth-order valence-electron chi connectivity index (χ4n) is 4.48. The van der Waals surface area contributed by atoms with Crippen molar-refractivity contribution in [1.82, 2.24) is 24.5 Å². The molecule has 0 saturated heterocycles. The number of nitrogens with one attached hydrogen (secondary N) is 1. The number of fused-ring (bicyclic) bond motifs is 1.